The highest BCUT2D eigenvalue weighted by atomic mass is 32.2. The molecule has 0 spiro atoms. The van der Waals surface area contributed by atoms with E-state index in [2.05, 4.69) is 4.72 Å². The monoisotopic (exact) mass is 645 g/mol. The van der Waals surface area contributed by atoms with Gasteiger partial charge in [0, 0.05) is 18.7 Å². The first kappa shape index (κ1) is 35.1. The van der Waals surface area contributed by atoms with Crippen LogP contribution in [-0.4, -0.2) is 48.1 Å². The Morgan fingerprint density at radius 3 is 2.07 bits per heavy atom. The summed E-state index contributed by atoms with van der Waals surface area (Å²) in [5, 5.41) is 9.92. The molecule has 0 aliphatic heterocycles. The van der Waals surface area contributed by atoms with Crippen LogP contribution < -0.4 is 16.2 Å². The molecule has 44 heavy (non-hydrogen) atoms. The number of carbonyl (C=O) groups excluding carboxylic acids is 1. The Bertz CT molecular complexity index is 1550. The third-order valence-electron chi connectivity index (χ3n) is 7.24. The maximum Gasteiger partial charge on any atom is 0.312 e. The van der Waals surface area contributed by atoms with Crippen molar-refractivity contribution in [3.63, 3.8) is 0 Å². The third kappa shape index (κ3) is 9.82. The topological polar surface area (TPSA) is 199 Å². The molecule has 5 atom stereocenters. The van der Waals surface area contributed by atoms with Crippen LogP contribution in [-0.2, 0) is 42.1 Å². The number of ether oxygens (including phenoxy) is 1. The van der Waals surface area contributed by atoms with E-state index in [4.69, 9.17) is 16.2 Å². The fourth-order valence-corrected chi connectivity index (χ4v) is 9.59. The van der Waals surface area contributed by atoms with Crippen molar-refractivity contribution in [2.45, 2.75) is 44.7 Å². The van der Waals surface area contributed by atoms with E-state index in [1.54, 1.807) is 92.7 Å². The minimum Gasteiger partial charge on any atom is -0.481 e. The molecule has 0 aliphatic rings. The Labute approximate surface area is 258 Å². The quantitative estimate of drug-likeness (QED) is 0.113. The van der Waals surface area contributed by atoms with Gasteiger partial charge in [0.25, 0.3) is 0 Å². The van der Waals surface area contributed by atoms with Crippen LogP contribution >= 0.6 is 7.37 Å². The Kier molecular flexibility index (Phi) is 12.4. The Hall–Kier alpha value is -3.38. The number of benzene rings is 3. The van der Waals surface area contributed by atoms with E-state index in [-0.39, 0.29) is 18.7 Å². The number of aliphatic carboxylic acids is 1. The minimum atomic E-state index is -4.51. The Morgan fingerprint density at radius 2 is 1.50 bits per heavy atom. The zero-order chi connectivity index (χ0) is 32.5. The summed E-state index contributed by atoms with van der Waals surface area (Å²) in [6.45, 7) is 3.13. The number of carbonyl (C=O) groups is 2. The van der Waals surface area contributed by atoms with Gasteiger partial charge in [0.05, 0.1) is 17.6 Å². The van der Waals surface area contributed by atoms with Crippen LogP contribution in [0.5, 0.6) is 0 Å². The van der Waals surface area contributed by atoms with Gasteiger partial charge in [-0.1, -0.05) is 98.8 Å². The zero-order valence-electron chi connectivity index (χ0n) is 24.7. The lowest BCUT2D eigenvalue weighted by Gasteiger charge is -2.30. The second kappa shape index (κ2) is 15.6. The second-order valence-electron chi connectivity index (χ2n) is 11.0. The van der Waals surface area contributed by atoms with Gasteiger partial charge in [-0.25, -0.2) is 13.1 Å². The molecule has 0 aliphatic carbocycles. The maximum atomic E-state index is 13.7. The van der Waals surface area contributed by atoms with Crippen molar-refractivity contribution in [3.8, 4) is 0 Å². The largest absolute Gasteiger partial charge is 0.481 e. The Balaban J connectivity index is 1.87. The van der Waals surface area contributed by atoms with E-state index in [0.29, 0.717) is 16.7 Å². The van der Waals surface area contributed by atoms with E-state index in [1.807, 2.05) is 0 Å². The summed E-state index contributed by atoms with van der Waals surface area (Å²) < 4.78 is 48.6. The zero-order valence-corrected chi connectivity index (χ0v) is 26.4. The van der Waals surface area contributed by atoms with Crippen molar-refractivity contribution in [1.29, 1.82) is 0 Å². The van der Waals surface area contributed by atoms with Crippen LogP contribution in [0.25, 0.3) is 0 Å². The van der Waals surface area contributed by atoms with Gasteiger partial charge in [0.15, 0.2) is 0 Å². The van der Waals surface area contributed by atoms with Crippen molar-refractivity contribution >= 4 is 29.3 Å². The molecule has 0 saturated heterocycles. The minimum absolute atomic E-state index is 0.104. The molecule has 0 fully saturated rings. The van der Waals surface area contributed by atoms with Crippen LogP contribution in [0.2, 0.25) is 0 Å². The molecule has 238 valence electrons. The SMILES string of the molecule is CC(C)C(NS(=O)(=O)CC(C(=O)OCc1ccccc1)C(N)c1ccccc1)P(=O)(O)CC(C(=O)O)c1cccc(CN)c1. The smallest absolute Gasteiger partial charge is 0.312 e. The molecule has 0 heterocycles. The van der Waals surface area contributed by atoms with Gasteiger partial charge >= 0.3 is 11.9 Å². The van der Waals surface area contributed by atoms with Crippen LogP contribution in [0.4, 0.5) is 0 Å². The maximum absolute atomic E-state index is 13.7. The number of carboxylic acids is 1. The number of sulfonamides is 1. The normalized spacial score (nSPS) is 16.0. The highest BCUT2D eigenvalue weighted by molar-refractivity contribution is 7.89. The highest BCUT2D eigenvalue weighted by Gasteiger charge is 2.42. The molecule has 0 radical (unpaired) electrons. The van der Waals surface area contributed by atoms with Crippen molar-refractivity contribution in [2.24, 2.45) is 23.3 Å². The van der Waals surface area contributed by atoms with Crippen molar-refractivity contribution < 1.29 is 37.3 Å². The van der Waals surface area contributed by atoms with E-state index < -0.39 is 70.8 Å². The molecule has 11 nitrogen and oxygen atoms in total. The van der Waals surface area contributed by atoms with E-state index in [0.717, 1.165) is 0 Å². The number of hydrogen-bond acceptors (Lipinski definition) is 8. The van der Waals surface area contributed by atoms with Gasteiger partial charge in [-0.05, 0) is 28.2 Å². The van der Waals surface area contributed by atoms with E-state index >= 15 is 0 Å². The summed E-state index contributed by atoms with van der Waals surface area (Å²) in [5.74, 6) is -8.03. The van der Waals surface area contributed by atoms with Crippen LogP contribution in [0.1, 0.15) is 48.1 Å². The molecule has 5 unspecified atom stereocenters. The predicted molar refractivity (Wildman–Crippen MR) is 168 cm³/mol. The Morgan fingerprint density at radius 1 is 0.932 bits per heavy atom. The van der Waals surface area contributed by atoms with E-state index in [9.17, 15) is 32.6 Å². The molecule has 7 N–H and O–H groups in total. The molecule has 0 aromatic heterocycles. The summed E-state index contributed by atoms with van der Waals surface area (Å²) in [7, 11) is -8.95. The highest BCUT2D eigenvalue weighted by Crippen LogP contribution is 2.51. The molecular formula is C31H40N3O8PS. The standard InChI is InChI=1S/C31H40N3O8PS/c1-21(2)29(43(38,39)19-26(30(35)36)25-15-9-12-23(16-25)17-32)34-44(40,41)20-27(28(33)24-13-7-4-8-14-24)31(37)42-18-22-10-5-3-6-11-22/h3-16,21,26-29,34H,17-20,32-33H2,1-2H3,(H,35,36)(H,38,39). The summed E-state index contributed by atoms with van der Waals surface area (Å²) in [4.78, 5) is 36.6. The first-order valence-corrected chi connectivity index (χ1v) is 17.6. The third-order valence-corrected chi connectivity index (χ3v) is 11.3. The number of nitrogens with one attached hydrogen (secondary N) is 1. The summed E-state index contributed by atoms with van der Waals surface area (Å²) >= 11 is 0. The predicted octanol–water partition coefficient (Wildman–Crippen LogP) is 3.55. The average Bonchev–Trinajstić information content (AvgIpc) is 3.00. The van der Waals surface area contributed by atoms with Gasteiger partial charge in [-0.3, -0.25) is 14.2 Å². The van der Waals surface area contributed by atoms with Gasteiger partial charge in [0.2, 0.25) is 17.4 Å². The average molecular weight is 646 g/mol. The lowest BCUT2D eigenvalue weighted by Crippen LogP contribution is -2.44. The van der Waals surface area contributed by atoms with Crippen LogP contribution in [0.3, 0.4) is 0 Å². The summed E-state index contributed by atoms with van der Waals surface area (Å²) in [6, 6.07) is 22.6. The van der Waals surface area contributed by atoms with Gasteiger partial charge in [-0.15, -0.1) is 0 Å². The molecule has 13 heteroatoms. The molecule has 0 saturated carbocycles. The fraction of sp³-hybridized carbons (Fsp3) is 0.355. The molecule has 3 aromatic carbocycles. The molecule has 3 aromatic rings. The van der Waals surface area contributed by atoms with Gasteiger partial charge in [0.1, 0.15) is 12.4 Å². The lowest BCUT2D eigenvalue weighted by atomic mass is 9.95. The number of rotatable bonds is 16. The number of nitrogens with two attached hydrogens (primary N) is 2. The molecule has 0 bridgehead atoms. The van der Waals surface area contributed by atoms with Crippen LogP contribution in [0.15, 0.2) is 84.9 Å². The summed E-state index contributed by atoms with van der Waals surface area (Å²) in [5.41, 5.74) is 14.2. The van der Waals surface area contributed by atoms with Crippen LogP contribution in [0, 0.1) is 11.8 Å². The van der Waals surface area contributed by atoms with E-state index in [1.165, 1.54) is 6.07 Å². The van der Waals surface area contributed by atoms with Gasteiger partial charge in [-0.2, -0.15) is 0 Å². The number of carboxylic acid groups (broad SMARTS) is 1. The fourth-order valence-electron chi connectivity index (χ4n) is 4.85. The van der Waals surface area contributed by atoms with Gasteiger partial charge < -0.3 is 26.2 Å². The number of hydrogen-bond donors (Lipinski definition) is 5. The molecule has 3 rings (SSSR count). The molecular weight excluding hydrogens is 605 g/mol. The van der Waals surface area contributed by atoms with Crippen molar-refractivity contribution in [3.05, 3.63) is 107 Å². The second-order valence-corrected chi connectivity index (χ2v) is 15.2. The lowest BCUT2D eigenvalue weighted by molar-refractivity contribution is -0.150. The number of esters is 1. The first-order chi connectivity index (χ1) is 20.7. The summed E-state index contributed by atoms with van der Waals surface area (Å²) in [6.07, 6.45) is -0.728. The first-order valence-electron chi connectivity index (χ1n) is 14.1. The molecule has 0 amide bonds. The van der Waals surface area contributed by atoms with Crippen molar-refractivity contribution in [2.75, 3.05) is 11.9 Å². The van der Waals surface area contributed by atoms with Crippen molar-refractivity contribution in [1.82, 2.24) is 4.72 Å².